The molecular formula is C32H20F2N2. The molecule has 2 nitrogen and oxygen atoms in total. The molecule has 0 saturated carbocycles. The van der Waals surface area contributed by atoms with Crippen LogP contribution in [0.25, 0.3) is 55.8 Å². The Morgan fingerprint density at radius 2 is 0.944 bits per heavy atom. The zero-order chi connectivity index (χ0) is 24.5. The van der Waals surface area contributed by atoms with Gasteiger partial charge in [0.25, 0.3) is 0 Å². The van der Waals surface area contributed by atoms with Crippen LogP contribution in [-0.2, 0) is 0 Å². The van der Waals surface area contributed by atoms with Gasteiger partial charge in [0.05, 0.1) is 11.4 Å². The van der Waals surface area contributed by atoms with Crippen molar-refractivity contribution in [1.29, 1.82) is 0 Å². The number of hydrogen-bond donors (Lipinski definition) is 0. The average molecular weight is 471 g/mol. The topological polar surface area (TPSA) is 25.8 Å². The van der Waals surface area contributed by atoms with Crippen molar-refractivity contribution in [1.82, 2.24) is 9.97 Å². The molecule has 4 heteroatoms. The van der Waals surface area contributed by atoms with E-state index in [1.54, 1.807) is 0 Å². The average Bonchev–Trinajstić information content (AvgIpc) is 2.92. The highest BCUT2D eigenvalue weighted by Gasteiger charge is 2.15. The monoisotopic (exact) mass is 470 g/mol. The van der Waals surface area contributed by atoms with Crippen LogP contribution in [0.5, 0.6) is 0 Å². The van der Waals surface area contributed by atoms with Crippen LogP contribution >= 0.6 is 0 Å². The smallest absolute Gasteiger partial charge is 0.160 e. The highest BCUT2D eigenvalue weighted by Crippen LogP contribution is 2.37. The molecule has 0 amide bonds. The lowest BCUT2D eigenvalue weighted by Gasteiger charge is -2.14. The molecule has 1 aromatic heterocycles. The first-order valence-electron chi connectivity index (χ1n) is 11.6. The summed E-state index contributed by atoms with van der Waals surface area (Å²) in [6.07, 6.45) is 0. The van der Waals surface area contributed by atoms with Gasteiger partial charge in [-0.15, -0.1) is 0 Å². The minimum Gasteiger partial charge on any atom is -0.228 e. The van der Waals surface area contributed by atoms with Crippen molar-refractivity contribution in [3.8, 4) is 45.0 Å². The number of benzene rings is 5. The van der Waals surface area contributed by atoms with E-state index >= 15 is 0 Å². The minimum atomic E-state index is -0.603. The van der Waals surface area contributed by atoms with E-state index in [4.69, 9.17) is 9.97 Å². The Morgan fingerprint density at radius 3 is 1.61 bits per heavy atom. The van der Waals surface area contributed by atoms with Crippen LogP contribution in [0.3, 0.4) is 0 Å². The second-order valence-corrected chi connectivity index (χ2v) is 8.56. The number of hydrogen-bond acceptors (Lipinski definition) is 2. The van der Waals surface area contributed by atoms with Gasteiger partial charge in [0.2, 0.25) is 0 Å². The lowest BCUT2D eigenvalue weighted by molar-refractivity contribution is 0.584. The molecule has 172 valence electrons. The van der Waals surface area contributed by atoms with E-state index in [0.29, 0.717) is 11.4 Å². The van der Waals surface area contributed by atoms with Crippen LogP contribution in [0.1, 0.15) is 0 Å². The third-order valence-corrected chi connectivity index (χ3v) is 6.20. The normalized spacial score (nSPS) is 11.1. The summed E-state index contributed by atoms with van der Waals surface area (Å²) in [5, 5.41) is 1.83. The van der Waals surface area contributed by atoms with Crippen LogP contribution < -0.4 is 0 Å². The Labute approximate surface area is 207 Å². The van der Waals surface area contributed by atoms with E-state index in [1.165, 1.54) is 12.1 Å². The molecule has 0 radical (unpaired) electrons. The van der Waals surface area contributed by atoms with Gasteiger partial charge in [-0.3, -0.25) is 0 Å². The molecule has 6 aromatic rings. The summed E-state index contributed by atoms with van der Waals surface area (Å²) in [7, 11) is 0. The lowest BCUT2D eigenvalue weighted by atomic mass is 9.93. The maximum Gasteiger partial charge on any atom is 0.160 e. The van der Waals surface area contributed by atoms with Gasteiger partial charge in [0.15, 0.2) is 5.82 Å². The molecule has 0 aliphatic carbocycles. The van der Waals surface area contributed by atoms with E-state index < -0.39 is 11.6 Å². The van der Waals surface area contributed by atoms with E-state index in [-0.39, 0.29) is 0 Å². The lowest BCUT2D eigenvalue weighted by Crippen LogP contribution is -1.96. The summed E-state index contributed by atoms with van der Waals surface area (Å²) >= 11 is 0. The molecule has 1 heterocycles. The van der Waals surface area contributed by atoms with Crippen LogP contribution in [0.15, 0.2) is 121 Å². The molecule has 36 heavy (non-hydrogen) atoms. The molecule has 0 atom stereocenters. The summed E-state index contributed by atoms with van der Waals surface area (Å²) in [4.78, 5) is 9.82. The second kappa shape index (κ2) is 9.16. The molecule has 6 rings (SSSR count). The van der Waals surface area contributed by atoms with Crippen molar-refractivity contribution in [2.75, 3.05) is 0 Å². The summed E-state index contributed by atoms with van der Waals surface area (Å²) in [5.74, 6) is -0.574. The Bertz CT molecular complexity index is 1620. The SMILES string of the molecule is Fc1cc(F)cc(-c2ccc(-c3cc(-c4ccccc4)nc(-c4ccccc4)n3)c3ccccc23)c1. The fourth-order valence-corrected chi connectivity index (χ4v) is 4.54. The van der Waals surface area contributed by atoms with E-state index in [1.807, 2.05) is 103 Å². The second-order valence-electron chi connectivity index (χ2n) is 8.56. The molecule has 0 N–H and O–H groups in total. The van der Waals surface area contributed by atoms with Gasteiger partial charge in [-0.2, -0.15) is 0 Å². The molecule has 0 bridgehead atoms. The fourth-order valence-electron chi connectivity index (χ4n) is 4.54. The first kappa shape index (κ1) is 21.8. The van der Waals surface area contributed by atoms with Gasteiger partial charge in [0, 0.05) is 22.8 Å². The van der Waals surface area contributed by atoms with Crippen molar-refractivity contribution in [3.63, 3.8) is 0 Å². The summed E-state index contributed by atoms with van der Waals surface area (Å²) < 4.78 is 28.0. The summed E-state index contributed by atoms with van der Waals surface area (Å²) in [5.41, 5.74) is 5.68. The Morgan fingerprint density at radius 1 is 0.417 bits per heavy atom. The molecule has 0 saturated heterocycles. The zero-order valence-corrected chi connectivity index (χ0v) is 19.2. The predicted molar refractivity (Wildman–Crippen MR) is 141 cm³/mol. The fraction of sp³-hybridized carbons (Fsp3) is 0. The number of nitrogens with zero attached hydrogens (tertiary/aromatic N) is 2. The highest BCUT2D eigenvalue weighted by atomic mass is 19.1. The molecule has 0 unspecified atom stereocenters. The predicted octanol–water partition coefficient (Wildman–Crippen LogP) is 8.58. The van der Waals surface area contributed by atoms with Crippen molar-refractivity contribution < 1.29 is 8.78 Å². The summed E-state index contributed by atoms with van der Waals surface area (Å²) in [6.45, 7) is 0. The quantitative estimate of drug-likeness (QED) is 0.258. The van der Waals surface area contributed by atoms with Crippen molar-refractivity contribution in [2.45, 2.75) is 0 Å². The molecule has 5 aromatic carbocycles. The first-order valence-corrected chi connectivity index (χ1v) is 11.6. The van der Waals surface area contributed by atoms with Crippen molar-refractivity contribution >= 4 is 10.8 Å². The molecule has 0 aliphatic heterocycles. The van der Waals surface area contributed by atoms with Gasteiger partial charge in [-0.25, -0.2) is 18.7 Å². The van der Waals surface area contributed by atoms with Gasteiger partial charge in [-0.1, -0.05) is 97.1 Å². The minimum absolute atomic E-state index is 0.493. The van der Waals surface area contributed by atoms with Crippen LogP contribution in [0.4, 0.5) is 8.78 Å². The maximum atomic E-state index is 14.0. The van der Waals surface area contributed by atoms with E-state index in [9.17, 15) is 8.78 Å². The van der Waals surface area contributed by atoms with Crippen LogP contribution in [0.2, 0.25) is 0 Å². The van der Waals surface area contributed by atoms with Gasteiger partial charge in [-0.05, 0) is 40.1 Å². The van der Waals surface area contributed by atoms with Crippen molar-refractivity contribution in [3.05, 3.63) is 133 Å². The number of halogens is 2. The van der Waals surface area contributed by atoms with E-state index in [0.717, 1.165) is 50.5 Å². The largest absolute Gasteiger partial charge is 0.228 e. The molecule has 0 spiro atoms. The Hall–Kier alpha value is -4.70. The van der Waals surface area contributed by atoms with Crippen LogP contribution in [0, 0.1) is 11.6 Å². The van der Waals surface area contributed by atoms with Crippen LogP contribution in [-0.4, -0.2) is 9.97 Å². The zero-order valence-electron chi connectivity index (χ0n) is 19.2. The standard InChI is InChI=1S/C32H20F2N2/c33-24-17-23(18-25(34)19-24)26-15-16-29(28-14-8-7-13-27(26)28)31-20-30(21-9-3-1-4-10-21)35-32(36-31)22-11-5-2-6-12-22/h1-20H. The Kier molecular flexibility index (Phi) is 5.55. The summed E-state index contributed by atoms with van der Waals surface area (Å²) in [6, 6.07) is 37.2. The van der Waals surface area contributed by atoms with Gasteiger partial charge in [0.1, 0.15) is 11.6 Å². The van der Waals surface area contributed by atoms with E-state index in [2.05, 4.69) is 0 Å². The Balaban J connectivity index is 1.59. The maximum absolute atomic E-state index is 14.0. The van der Waals surface area contributed by atoms with Crippen molar-refractivity contribution in [2.24, 2.45) is 0 Å². The first-order chi connectivity index (χ1) is 17.7. The molecular weight excluding hydrogens is 450 g/mol. The molecule has 0 aliphatic rings. The number of aromatic nitrogens is 2. The highest BCUT2D eigenvalue weighted by molar-refractivity contribution is 6.04. The molecule has 0 fully saturated rings. The number of fused-ring (bicyclic) bond motifs is 1. The number of rotatable bonds is 4. The third kappa shape index (κ3) is 4.14. The van der Waals surface area contributed by atoms with Gasteiger partial charge < -0.3 is 0 Å². The third-order valence-electron chi connectivity index (χ3n) is 6.20. The van der Waals surface area contributed by atoms with Gasteiger partial charge >= 0.3 is 0 Å².